The molecule has 0 saturated heterocycles. The number of pyridine rings is 1. The van der Waals surface area contributed by atoms with Crippen molar-refractivity contribution in [3.63, 3.8) is 0 Å². The summed E-state index contributed by atoms with van der Waals surface area (Å²) < 4.78 is 72.7. The zero-order valence-electron chi connectivity index (χ0n) is 16.3. The van der Waals surface area contributed by atoms with Crippen LogP contribution in [0.4, 0.5) is 13.2 Å². The Kier molecular flexibility index (Phi) is 5.75. The van der Waals surface area contributed by atoms with Crippen LogP contribution in [-0.4, -0.2) is 42.2 Å². The van der Waals surface area contributed by atoms with E-state index in [9.17, 15) is 21.6 Å². The maximum atomic E-state index is 12.5. The van der Waals surface area contributed by atoms with Gasteiger partial charge in [-0.15, -0.1) is 13.2 Å². The summed E-state index contributed by atoms with van der Waals surface area (Å²) in [5, 5.41) is 0. The van der Waals surface area contributed by atoms with Gasteiger partial charge >= 0.3 is 6.36 Å². The number of halogens is 3. The lowest BCUT2D eigenvalue weighted by Crippen LogP contribution is -2.16. The second-order valence-electron chi connectivity index (χ2n) is 6.22. The first-order chi connectivity index (χ1) is 14.1. The zero-order valence-corrected chi connectivity index (χ0v) is 17.1. The van der Waals surface area contributed by atoms with Crippen LogP contribution in [0.5, 0.6) is 11.6 Å². The van der Waals surface area contributed by atoms with Crippen LogP contribution < -0.4 is 9.47 Å². The molecule has 0 saturated carbocycles. The normalized spacial score (nSPS) is 12.1. The number of aromatic nitrogens is 3. The number of sulfone groups is 1. The highest BCUT2D eigenvalue weighted by molar-refractivity contribution is 7.91. The summed E-state index contributed by atoms with van der Waals surface area (Å²) >= 11 is 0. The van der Waals surface area contributed by atoms with Crippen LogP contribution in [0.3, 0.4) is 0 Å². The Morgan fingerprint density at radius 1 is 1.10 bits per heavy atom. The third-order valence-corrected chi connectivity index (χ3v) is 6.13. The van der Waals surface area contributed by atoms with Crippen molar-refractivity contribution in [1.29, 1.82) is 0 Å². The quantitative estimate of drug-likeness (QED) is 0.578. The molecular formula is C19H18F3N3O4S. The predicted molar refractivity (Wildman–Crippen MR) is 103 cm³/mol. The van der Waals surface area contributed by atoms with Crippen molar-refractivity contribution >= 4 is 9.84 Å². The lowest BCUT2D eigenvalue weighted by molar-refractivity contribution is -0.274. The minimum Gasteiger partial charge on any atom is -0.481 e. The van der Waals surface area contributed by atoms with Gasteiger partial charge in [-0.1, -0.05) is 6.92 Å². The molecule has 0 aliphatic carbocycles. The molecule has 7 nitrogen and oxygen atoms in total. The standard InChI is InChI=1S/C19H18F3N3O4S/c1-4-30(26,27)16-11-23-17(28-3)9-14(16)18-24-10-15(25(18)2)12-5-7-13(8-6-12)29-19(20,21)22/h5-11H,4H2,1-3H3. The minimum atomic E-state index is -4.78. The SMILES string of the molecule is CCS(=O)(=O)c1cnc(OC)cc1-c1ncc(-c2ccc(OC(F)(F)F)cc2)n1C. The second-order valence-corrected chi connectivity index (χ2v) is 8.47. The predicted octanol–water partition coefficient (Wildman–Crippen LogP) is 3.85. The second kappa shape index (κ2) is 7.98. The van der Waals surface area contributed by atoms with E-state index in [0.29, 0.717) is 22.6 Å². The van der Waals surface area contributed by atoms with Crippen molar-refractivity contribution in [2.75, 3.05) is 12.9 Å². The minimum absolute atomic E-state index is 0.0139. The van der Waals surface area contributed by atoms with Gasteiger partial charge in [-0.25, -0.2) is 18.4 Å². The third-order valence-electron chi connectivity index (χ3n) is 4.38. The zero-order chi connectivity index (χ0) is 22.1. The number of methoxy groups -OCH3 is 1. The van der Waals surface area contributed by atoms with Crippen LogP contribution >= 0.6 is 0 Å². The van der Waals surface area contributed by atoms with E-state index in [0.717, 1.165) is 0 Å². The summed E-state index contributed by atoms with van der Waals surface area (Å²) in [4.78, 5) is 8.33. The van der Waals surface area contributed by atoms with Gasteiger partial charge in [0.05, 0.1) is 35.8 Å². The highest BCUT2D eigenvalue weighted by Crippen LogP contribution is 2.33. The van der Waals surface area contributed by atoms with Crippen molar-refractivity contribution in [1.82, 2.24) is 14.5 Å². The lowest BCUT2D eigenvalue weighted by atomic mass is 10.1. The van der Waals surface area contributed by atoms with Crippen molar-refractivity contribution in [3.05, 3.63) is 42.7 Å². The van der Waals surface area contributed by atoms with Crippen LogP contribution in [0.15, 0.2) is 47.6 Å². The summed E-state index contributed by atoms with van der Waals surface area (Å²) in [7, 11) is -0.507. The largest absolute Gasteiger partial charge is 0.573 e. The fourth-order valence-corrected chi connectivity index (χ4v) is 3.88. The molecule has 0 unspecified atom stereocenters. The van der Waals surface area contributed by atoms with Gasteiger partial charge in [0.1, 0.15) is 11.6 Å². The smallest absolute Gasteiger partial charge is 0.481 e. The highest BCUT2D eigenvalue weighted by Gasteiger charge is 2.31. The van der Waals surface area contributed by atoms with Crippen LogP contribution in [0.2, 0.25) is 0 Å². The van der Waals surface area contributed by atoms with Crippen LogP contribution in [0, 0.1) is 0 Å². The van der Waals surface area contributed by atoms with E-state index in [-0.39, 0.29) is 22.3 Å². The van der Waals surface area contributed by atoms with Gasteiger partial charge in [0.25, 0.3) is 0 Å². The molecule has 2 aromatic heterocycles. The summed E-state index contributed by atoms with van der Waals surface area (Å²) in [5.74, 6) is 0.0989. The monoisotopic (exact) mass is 441 g/mol. The molecule has 0 aliphatic rings. The molecule has 0 fully saturated rings. The van der Waals surface area contributed by atoms with E-state index in [2.05, 4.69) is 14.7 Å². The van der Waals surface area contributed by atoms with Crippen molar-refractivity contribution in [2.24, 2.45) is 7.05 Å². The first kappa shape index (κ1) is 21.6. The molecule has 0 bridgehead atoms. The average molecular weight is 441 g/mol. The van der Waals surface area contributed by atoms with Crippen molar-refractivity contribution in [3.8, 4) is 34.3 Å². The molecule has 1 aromatic carbocycles. The molecular weight excluding hydrogens is 423 g/mol. The molecule has 3 aromatic rings. The molecule has 0 N–H and O–H groups in total. The topological polar surface area (TPSA) is 83.3 Å². The van der Waals surface area contributed by atoms with Crippen molar-refractivity contribution < 1.29 is 31.1 Å². The molecule has 0 aliphatic heterocycles. The molecule has 0 spiro atoms. The van der Waals surface area contributed by atoms with Gasteiger partial charge < -0.3 is 14.0 Å². The Hall–Kier alpha value is -3.08. The van der Waals surface area contributed by atoms with Gasteiger partial charge in [0, 0.05) is 24.2 Å². The first-order valence-electron chi connectivity index (χ1n) is 8.70. The molecule has 2 heterocycles. The fraction of sp³-hybridized carbons (Fsp3) is 0.263. The van der Waals surface area contributed by atoms with Crippen LogP contribution in [0.1, 0.15) is 6.92 Å². The Labute approximate surface area is 171 Å². The third kappa shape index (κ3) is 4.40. The molecule has 11 heteroatoms. The molecule has 0 radical (unpaired) electrons. The molecule has 0 amide bonds. The van der Waals surface area contributed by atoms with Crippen LogP contribution in [-0.2, 0) is 16.9 Å². The Bertz CT molecular complexity index is 1160. The van der Waals surface area contributed by atoms with Crippen LogP contribution in [0.25, 0.3) is 22.6 Å². The Balaban J connectivity index is 2.06. The summed E-state index contributed by atoms with van der Waals surface area (Å²) in [6, 6.07) is 6.78. The number of alkyl halides is 3. The summed E-state index contributed by atoms with van der Waals surface area (Å²) in [5.41, 5.74) is 1.46. The van der Waals surface area contributed by atoms with E-state index in [1.165, 1.54) is 56.8 Å². The molecule has 0 atom stereocenters. The van der Waals surface area contributed by atoms with Gasteiger partial charge in [0.15, 0.2) is 9.84 Å². The number of rotatable bonds is 6. The number of hydrogen-bond donors (Lipinski definition) is 0. The summed E-state index contributed by atoms with van der Waals surface area (Å²) in [6.45, 7) is 1.53. The van der Waals surface area contributed by atoms with E-state index in [1.54, 1.807) is 11.6 Å². The van der Waals surface area contributed by atoms with E-state index in [4.69, 9.17) is 4.74 Å². The summed E-state index contributed by atoms with van der Waals surface area (Å²) in [6.07, 6.45) is -2.04. The van der Waals surface area contributed by atoms with E-state index in [1.807, 2.05) is 0 Å². The number of ether oxygens (including phenoxy) is 2. The van der Waals surface area contributed by atoms with Gasteiger partial charge in [-0.05, 0) is 24.3 Å². The van der Waals surface area contributed by atoms with Gasteiger partial charge in [-0.3, -0.25) is 0 Å². The number of benzene rings is 1. The maximum absolute atomic E-state index is 12.5. The molecule has 30 heavy (non-hydrogen) atoms. The highest BCUT2D eigenvalue weighted by atomic mass is 32.2. The molecule has 160 valence electrons. The Morgan fingerprint density at radius 3 is 2.33 bits per heavy atom. The van der Waals surface area contributed by atoms with Gasteiger partial charge in [0.2, 0.25) is 5.88 Å². The van der Waals surface area contributed by atoms with Gasteiger partial charge in [-0.2, -0.15) is 0 Å². The lowest BCUT2D eigenvalue weighted by Gasteiger charge is -2.12. The Morgan fingerprint density at radius 2 is 1.77 bits per heavy atom. The molecule has 3 rings (SSSR count). The number of hydrogen-bond acceptors (Lipinski definition) is 6. The van der Waals surface area contributed by atoms with E-state index < -0.39 is 16.2 Å². The fourth-order valence-electron chi connectivity index (χ4n) is 2.87. The first-order valence-corrected chi connectivity index (χ1v) is 10.4. The van der Waals surface area contributed by atoms with E-state index >= 15 is 0 Å². The number of nitrogens with zero attached hydrogens (tertiary/aromatic N) is 3. The maximum Gasteiger partial charge on any atom is 0.573 e. The number of imidazole rings is 1. The van der Waals surface area contributed by atoms with Crippen molar-refractivity contribution in [2.45, 2.75) is 18.2 Å². The average Bonchev–Trinajstić information content (AvgIpc) is 3.08.